The molecular weight excluding hydrogens is 585 g/mol. The van der Waals surface area contributed by atoms with Crippen LogP contribution in [0.15, 0.2) is 140 Å². The minimum atomic E-state index is 0.0394. The number of fused-ring (bicyclic) bond motifs is 9. The van der Waals surface area contributed by atoms with Gasteiger partial charge in [-0.2, -0.15) is 5.01 Å². The fourth-order valence-corrected chi connectivity index (χ4v) is 8.99. The molecule has 3 atom stereocenters. The van der Waals surface area contributed by atoms with E-state index in [1.807, 2.05) is 0 Å². The van der Waals surface area contributed by atoms with Crippen molar-refractivity contribution in [1.29, 1.82) is 0 Å². The Balaban J connectivity index is 1.19. The number of rotatable bonds is 4. The van der Waals surface area contributed by atoms with Crippen LogP contribution in [-0.2, 0) is 19.3 Å². The van der Waals surface area contributed by atoms with E-state index < -0.39 is 0 Å². The summed E-state index contributed by atoms with van der Waals surface area (Å²) in [5.74, 6) is 0. The highest BCUT2D eigenvalue weighted by molar-refractivity contribution is 5.95. The molecule has 0 saturated carbocycles. The fourth-order valence-electron chi connectivity index (χ4n) is 8.99. The van der Waals surface area contributed by atoms with Crippen LogP contribution in [0.3, 0.4) is 0 Å². The van der Waals surface area contributed by atoms with Gasteiger partial charge in [-0.25, -0.2) is 0 Å². The lowest BCUT2D eigenvalue weighted by molar-refractivity contribution is 0.296. The molecule has 5 aromatic carbocycles. The summed E-state index contributed by atoms with van der Waals surface area (Å²) in [7, 11) is 0. The maximum atomic E-state index is 2.68. The van der Waals surface area contributed by atoms with E-state index in [-0.39, 0.29) is 12.3 Å². The number of aryl methyl sites for hydroxylation is 1. The van der Waals surface area contributed by atoms with Gasteiger partial charge in [-0.15, -0.1) is 0 Å². The van der Waals surface area contributed by atoms with Gasteiger partial charge in [0.25, 0.3) is 0 Å². The minimum Gasteiger partial charge on any atom is -0.317 e. The van der Waals surface area contributed by atoms with Crippen molar-refractivity contribution in [2.75, 3.05) is 0 Å². The second-order valence-electron chi connectivity index (χ2n) is 13.6. The van der Waals surface area contributed by atoms with E-state index in [2.05, 4.69) is 165 Å². The number of benzene rings is 5. The first-order chi connectivity index (χ1) is 23.8. The topological polar surface area (TPSA) is 15.9 Å². The Morgan fingerprint density at radius 2 is 1.35 bits per heavy atom. The van der Waals surface area contributed by atoms with E-state index in [9.17, 15) is 0 Å². The zero-order valence-electron chi connectivity index (χ0n) is 26.6. The normalized spacial score (nSPS) is 20.4. The molecule has 4 heteroatoms. The summed E-state index contributed by atoms with van der Waals surface area (Å²) in [5, 5.41) is 9.03. The van der Waals surface area contributed by atoms with E-state index in [0.717, 1.165) is 25.7 Å². The van der Waals surface area contributed by atoms with Gasteiger partial charge in [0.05, 0.1) is 22.6 Å². The summed E-state index contributed by atoms with van der Waals surface area (Å²) < 4.78 is 5.28. The van der Waals surface area contributed by atoms with Crippen molar-refractivity contribution in [3.8, 4) is 17.1 Å². The summed E-state index contributed by atoms with van der Waals surface area (Å²) in [6.07, 6.45) is 11.8. The van der Waals surface area contributed by atoms with E-state index in [4.69, 9.17) is 0 Å². The third kappa shape index (κ3) is 3.64. The highest BCUT2D eigenvalue weighted by Crippen LogP contribution is 2.59. The van der Waals surface area contributed by atoms with Gasteiger partial charge in [0.15, 0.2) is 0 Å². The summed E-state index contributed by atoms with van der Waals surface area (Å²) in [5.41, 5.74) is 15.1. The van der Waals surface area contributed by atoms with Crippen LogP contribution in [0.2, 0.25) is 0 Å². The van der Waals surface area contributed by atoms with Crippen LogP contribution >= 0.6 is 0 Å². The summed E-state index contributed by atoms with van der Waals surface area (Å²) in [4.78, 5) is 0. The zero-order valence-corrected chi connectivity index (χ0v) is 26.6. The second kappa shape index (κ2) is 9.96. The van der Waals surface area contributed by atoms with Crippen molar-refractivity contribution < 1.29 is 0 Å². The second-order valence-corrected chi connectivity index (χ2v) is 13.6. The highest BCUT2D eigenvalue weighted by Gasteiger charge is 2.57. The molecule has 1 fully saturated rings. The summed E-state index contributed by atoms with van der Waals surface area (Å²) in [6, 6.07) is 46.8. The quantitative estimate of drug-likeness (QED) is 0.183. The highest BCUT2D eigenvalue weighted by atomic mass is 15.9. The first-order valence-corrected chi connectivity index (χ1v) is 17.3. The molecule has 2 aliphatic heterocycles. The van der Waals surface area contributed by atoms with Crippen molar-refractivity contribution in [1.82, 2.24) is 19.2 Å². The van der Waals surface area contributed by atoms with Gasteiger partial charge in [0.2, 0.25) is 0 Å². The molecule has 4 nitrogen and oxygen atoms in total. The molecule has 11 rings (SSSR count). The van der Waals surface area contributed by atoms with Crippen molar-refractivity contribution in [2.24, 2.45) is 0 Å². The third-order valence-corrected chi connectivity index (χ3v) is 11.0. The maximum Gasteiger partial charge on any atom is 0.143 e. The van der Waals surface area contributed by atoms with Crippen molar-refractivity contribution in [3.05, 3.63) is 173 Å². The van der Waals surface area contributed by atoms with E-state index in [1.54, 1.807) is 0 Å². The van der Waals surface area contributed by atoms with E-state index >= 15 is 0 Å². The lowest BCUT2D eigenvalue weighted by Gasteiger charge is -2.24. The van der Waals surface area contributed by atoms with Gasteiger partial charge in [0.1, 0.15) is 12.3 Å². The molecule has 4 aliphatic rings. The maximum absolute atomic E-state index is 2.68. The van der Waals surface area contributed by atoms with Gasteiger partial charge < -0.3 is 9.13 Å². The van der Waals surface area contributed by atoms with Crippen LogP contribution < -0.4 is 0 Å². The van der Waals surface area contributed by atoms with Crippen LogP contribution in [0.1, 0.15) is 52.3 Å². The molecule has 0 amide bonds. The predicted molar refractivity (Wildman–Crippen MR) is 195 cm³/mol. The molecule has 0 bridgehead atoms. The standard InChI is InChI=1S/C44H34N4/c1-3-14-30(15-4-1)40-28-41(48-44(47(40)48)31-16-5-2-6-17-31)46-39-22-12-10-20-35(39)37-26-25-36-34-19-9-11-21-38(34)45(42(36)43(37)46)33-24-23-29-13-7-8-18-32(29)27-33/h1-8,10-18,20-24,27-28,41,44H,9,19,25-26H2. The monoisotopic (exact) mass is 618 g/mol. The lowest BCUT2D eigenvalue weighted by Crippen LogP contribution is -2.18. The van der Waals surface area contributed by atoms with Crippen LogP contribution in [0.4, 0.5) is 0 Å². The Labute approximate surface area is 280 Å². The van der Waals surface area contributed by atoms with Crippen molar-refractivity contribution in [3.63, 3.8) is 0 Å². The Kier molecular flexibility index (Phi) is 5.50. The average Bonchev–Trinajstić information content (AvgIpc) is 3.42. The number of allylic oxidation sites excluding steroid dienone is 1. The predicted octanol–water partition coefficient (Wildman–Crippen LogP) is 10.1. The lowest BCUT2D eigenvalue weighted by atomic mass is 9.89. The molecular formula is C44H34N4. The van der Waals surface area contributed by atoms with Crippen LogP contribution in [0.5, 0.6) is 0 Å². The minimum absolute atomic E-state index is 0.0394. The largest absolute Gasteiger partial charge is 0.317 e. The Morgan fingerprint density at radius 1 is 0.604 bits per heavy atom. The van der Waals surface area contributed by atoms with Crippen LogP contribution in [-0.4, -0.2) is 19.2 Å². The molecule has 0 spiro atoms. The summed E-state index contributed by atoms with van der Waals surface area (Å²) in [6.45, 7) is 0. The number of nitrogens with zero attached hydrogens (tertiary/aromatic N) is 4. The van der Waals surface area contributed by atoms with E-state index in [0.29, 0.717) is 0 Å². The van der Waals surface area contributed by atoms with Crippen molar-refractivity contribution >= 4 is 33.4 Å². The van der Waals surface area contributed by atoms with Gasteiger partial charge in [-0.3, -0.25) is 5.01 Å². The Hall–Kier alpha value is -5.58. The molecule has 48 heavy (non-hydrogen) atoms. The molecule has 4 heterocycles. The zero-order chi connectivity index (χ0) is 31.3. The van der Waals surface area contributed by atoms with E-state index in [1.165, 1.54) is 78.0 Å². The van der Waals surface area contributed by atoms with Crippen molar-refractivity contribution in [2.45, 2.75) is 38.0 Å². The number of hydrogen-bond donors (Lipinski definition) is 0. The van der Waals surface area contributed by atoms with Gasteiger partial charge in [0, 0.05) is 16.8 Å². The first-order valence-electron chi connectivity index (χ1n) is 17.3. The number of para-hydroxylation sites is 1. The molecule has 3 unspecified atom stereocenters. The van der Waals surface area contributed by atoms with Gasteiger partial charge in [-0.05, 0) is 94.6 Å². The number of hydrazine groups is 1. The smallest absolute Gasteiger partial charge is 0.143 e. The summed E-state index contributed by atoms with van der Waals surface area (Å²) >= 11 is 0. The molecule has 2 aliphatic carbocycles. The number of hydrogen-bond acceptors (Lipinski definition) is 2. The first kappa shape index (κ1) is 26.5. The molecule has 0 N–H and O–H groups in total. The fraction of sp³-hybridized carbons (Fsp3) is 0.136. The number of aromatic nitrogens is 2. The molecule has 7 aromatic rings. The van der Waals surface area contributed by atoms with Gasteiger partial charge in [-0.1, -0.05) is 115 Å². The average molecular weight is 619 g/mol. The molecule has 230 valence electrons. The molecule has 0 radical (unpaired) electrons. The van der Waals surface area contributed by atoms with Crippen LogP contribution in [0.25, 0.3) is 50.5 Å². The SMILES string of the molecule is C1=Cc2c(c3c(n2-c2ccc4ccccc4c2)-c2c(c4ccccc4n2C2C=C(c4ccccc4)N4C(c5ccccc5)N24)CC3)CC1. The van der Waals surface area contributed by atoms with Gasteiger partial charge >= 0.3 is 0 Å². The Morgan fingerprint density at radius 3 is 2.23 bits per heavy atom. The Bertz CT molecular complexity index is 2480. The molecule has 2 aromatic heterocycles. The van der Waals surface area contributed by atoms with Crippen LogP contribution in [0, 0.1) is 0 Å². The molecule has 1 saturated heterocycles. The third-order valence-electron chi connectivity index (χ3n) is 11.0.